The van der Waals surface area contributed by atoms with Crippen LogP contribution < -0.4 is 23.7 Å². The van der Waals surface area contributed by atoms with E-state index in [0.717, 1.165) is 150 Å². The van der Waals surface area contributed by atoms with Crippen LogP contribution in [-0.4, -0.2) is 33.0 Å². The van der Waals surface area contributed by atoms with E-state index in [9.17, 15) is 0 Å². The third-order valence-corrected chi connectivity index (χ3v) is 16.9. The molecule has 0 aliphatic carbocycles. The van der Waals surface area contributed by atoms with Crippen LogP contribution in [0.25, 0.3) is 0 Å². The molecule has 6 heteroatoms. The first kappa shape index (κ1) is 66.0. The lowest BCUT2D eigenvalue weighted by Gasteiger charge is -2.35. The number of hydrogen-bond acceptors (Lipinski definition) is 5. The van der Waals surface area contributed by atoms with Gasteiger partial charge in [0.2, 0.25) is 0 Å². The van der Waals surface area contributed by atoms with Gasteiger partial charge in [-0.2, -0.15) is 0 Å². The molecule has 5 nitrogen and oxygen atoms in total. The van der Waals surface area contributed by atoms with Crippen LogP contribution in [0.3, 0.4) is 0 Å². The van der Waals surface area contributed by atoms with Gasteiger partial charge in [-0.1, -0.05) is 131 Å². The number of rotatable bonds is 46. The first-order valence-electron chi connectivity index (χ1n) is 29.8. The zero-order chi connectivity index (χ0) is 58.8. The maximum Gasteiger partial charge on any atom is 0.119 e. The van der Waals surface area contributed by atoms with E-state index in [0.29, 0.717) is 33.0 Å². The number of halogens is 1. The highest BCUT2D eigenvalue weighted by Crippen LogP contribution is 2.43. The number of hydrogen-bond donors (Lipinski definition) is 0. The van der Waals surface area contributed by atoms with Crippen molar-refractivity contribution in [2.75, 3.05) is 33.0 Å². The van der Waals surface area contributed by atoms with Crippen LogP contribution in [0.15, 0.2) is 235 Å². The quantitative estimate of drug-likeness (QED) is 0.0221. The van der Waals surface area contributed by atoms with Gasteiger partial charge in [0.05, 0.1) is 33.0 Å². The Morgan fingerprint density at radius 2 is 0.476 bits per heavy atom. The van der Waals surface area contributed by atoms with Crippen LogP contribution in [0.2, 0.25) is 0 Å². The van der Waals surface area contributed by atoms with Gasteiger partial charge in [-0.05, 0) is 209 Å². The summed E-state index contributed by atoms with van der Waals surface area (Å²) < 4.78 is 32.1. The van der Waals surface area contributed by atoms with Crippen LogP contribution in [-0.2, 0) is 27.0 Å². The molecule has 0 spiro atoms. The van der Waals surface area contributed by atoms with E-state index in [4.69, 9.17) is 23.7 Å². The molecule has 82 heavy (non-hydrogen) atoms. The molecule has 0 heterocycles. The van der Waals surface area contributed by atoms with Crippen LogP contribution in [0.4, 0.5) is 0 Å². The van der Waals surface area contributed by atoms with E-state index in [1.165, 1.54) is 27.8 Å². The van der Waals surface area contributed by atoms with E-state index < -0.39 is 0 Å². The van der Waals surface area contributed by atoms with Crippen molar-refractivity contribution in [1.82, 2.24) is 0 Å². The Morgan fingerprint density at radius 3 is 0.695 bits per heavy atom. The molecule has 0 radical (unpaired) electrons. The molecule has 0 bridgehead atoms. The van der Waals surface area contributed by atoms with Crippen molar-refractivity contribution >= 4 is 15.9 Å². The van der Waals surface area contributed by atoms with Crippen molar-refractivity contribution in [3.05, 3.63) is 263 Å². The van der Waals surface area contributed by atoms with Crippen LogP contribution in [0.1, 0.15) is 143 Å². The second-order valence-electron chi connectivity index (χ2n) is 22.0. The van der Waals surface area contributed by atoms with Gasteiger partial charge in [0, 0.05) is 21.6 Å². The number of ether oxygens (including phenoxy) is 5. The zero-order valence-corrected chi connectivity index (χ0v) is 51.1. The third-order valence-electron chi connectivity index (χ3n) is 16.3. The molecule has 0 saturated heterocycles. The Morgan fingerprint density at radius 1 is 0.268 bits per heavy atom. The molecule has 0 atom stereocenters. The fourth-order valence-electron chi connectivity index (χ4n) is 12.0. The van der Waals surface area contributed by atoms with E-state index in [1.54, 1.807) is 0 Å². The van der Waals surface area contributed by atoms with Gasteiger partial charge in [0.15, 0.2) is 0 Å². The van der Waals surface area contributed by atoms with E-state index in [1.807, 2.05) is 66.8 Å². The predicted octanol–water partition coefficient (Wildman–Crippen LogP) is 20.9. The van der Waals surface area contributed by atoms with E-state index >= 15 is 0 Å². The van der Waals surface area contributed by atoms with E-state index in [2.05, 4.69) is 184 Å². The molecule has 0 saturated carbocycles. The van der Waals surface area contributed by atoms with Gasteiger partial charge >= 0.3 is 0 Å². The lowest BCUT2D eigenvalue weighted by Crippen LogP contribution is -2.29. The highest BCUT2D eigenvalue weighted by molar-refractivity contribution is 9.08. The fraction of sp³-hybridized carbons (Fsp3) is 0.368. The molecule has 0 aromatic heterocycles. The highest BCUT2D eigenvalue weighted by atomic mass is 79.9. The molecule has 5 aromatic carbocycles. The summed E-state index contributed by atoms with van der Waals surface area (Å²) in [6.45, 7) is 39.7. The molecule has 5 aromatic rings. The molecule has 436 valence electrons. The normalized spacial score (nSPS) is 11.6. The Labute approximate surface area is 504 Å². The van der Waals surface area contributed by atoms with Gasteiger partial charge in [-0.25, -0.2) is 0 Å². The lowest BCUT2D eigenvalue weighted by atomic mass is 9.70. The van der Waals surface area contributed by atoms with Gasteiger partial charge in [0.25, 0.3) is 0 Å². The minimum atomic E-state index is -0.209. The predicted molar refractivity (Wildman–Crippen MR) is 354 cm³/mol. The monoisotopic (exact) mass is 1170 g/mol. The highest BCUT2D eigenvalue weighted by Gasteiger charge is 2.33. The summed E-state index contributed by atoms with van der Waals surface area (Å²) in [7, 11) is 0. The van der Waals surface area contributed by atoms with Crippen molar-refractivity contribution in [2.45, 2.75) is 143 Å². The van der Waals surface area contributed by atoms with Crippen molar-refractivity contribution in [3.63, 3.8) is 0 Å². The minimum absolute atomic E-state index is 0.122. The Bertz CT molecular complexity index is 2400. The third kappa shape index (κ3) is 19.7. The minimum Gasteiger partial charge on any atom is -0.494 e. The Hall–Kier alpha value is -6.76. The van der Waals surface area contributed by atoms with E-state index in [-0.39, 0.29) is 21.7 Å². The largest absolute Gasteiger partial charge is 0.494 e. The summed E-state index contributed by atoms with van der Waals surface area (Å²) >= 11 is 3.52. The van der Waals surface area contributed by atoms with Crippen LogP contribution in [0.5, 0.6) is 28.7 Å². The maximum atomic E-state index is 6.57. The molecule has 0 N–H and O–H groups in total. The first-order chi connectivity index (χ1) is 40.1. The number of unbranched alkanes of at least 4 members (excludes halogenated alkanes) is 2. The van der Waals surface area contributed by atoms with Gasteiger partial charge in [0.1, 0.15) is 28.7 Å². The summed E-state index contributed by atoms with van der Waals surface area (Å²) in [5.41, 5.74) is 5.66. The topological polar surface area (TPSA) is 46.2 Å². The maximum absolute atomic E-state index is 6.57. The number of alkyl halides is 1. The lowest BCUT2D eigenvalue weighted by molar-refractivity contribution is 0.220. The van der Waals surface area contributed by atoms with Crippen LogP contribution in [0, 0.1) is 0 Å². The summed E-state index contributed by atoms with van der Waals surface area (Å²) in [5.74, 6) is 4.36. The van der Waals surface area contributed by atoms with Crippen molar-refractivity contribution in [3.8, 4) is 28.7 Å². The average molecular weight is 1170 g/mol. The molecule has 5 rings (SSSR count). The molecule has 0 unspecified atom stereocenters. The summed E-state index contributed by atoms with van der Waals surface area (Å²) in [6.07, 6.45) is 33.8. The molecule has 0 aliphatic heterocycles. The molecule has 0 aliphatic rings. The van der Waals surface area contributed by atoms with Crippen molar-refractivity contribution < 1.29 is 23.7 Å². The van der Waals surface area contributed by atoms with Crippen LogP contribution >= 0.6 is 15.9 Å². The SMILES string of the molecule is C=CCC(CC=C)(CC=C)c1ccc(OCCCC(CCCOc2ccc(C(CC=C)(CC=C)CC=C)cc2)(CCCOc2ccc(C(CC=C)(CC=C)CC=C)cc2)c2ccc(OCCCCCOc3ccc(CBr)cc3)cc2)cc1. The number of benzene rings is 5. The Kier molecular flexibility index (Phi) is 29.0. The van der Waals surface area contributed by atoms with Gasteiger partial charge in [-0.15, -0.1) is 59.2 Å². The van der Waals surface area contributed by atoms with Gasteiger partial charge in [-0.3, -0.25) is 0 Å². The smallest absolute Gasteiger partial charge is 0.119 e. The summed E-state index contributed by atoms with van der Waals surface area (Å²) in [6, 6.07) is 42.9. The van der Waals surface area contributed by atoms with Crippen molar-refractivity contribution in [2.24, 2.45) is 0 Å². The van der Waals surface area contributed by atoms with Gasteiger partial charge < -0.3 is 23.7 Å². The average Bonchev–Trinajstić information content (AvgIpc) is 3.60. The first-order valence-corrected chi connectivity index (χ1v) is 30.9. The summed E-state index contributed by atoms with van der Waals surface area (Å²) in [4.78, 5) is 0. The molecular formula is C76H95BrO5. The number of allylic oxidation sites excluding steroid dienone is 9. The second-order valence-corrected chi connectivity index (χ2v) is 22.6. The summed E-state index contributed by atoms with van der Waals surface area (Å²) in [5, 5.41) is 0.839. The molecule has 0 fully saturated rings. The molecule has 0 amide bonds. The fourth-order valence-corrected chi connectivity index (χ4v) is 12.3. The molecular weight excluding hydrogens is 1070 g/mol. The Balaban J connectivity index is 1.36. The standard InChI is InChI=1S/C76H95BrO5/c1-10-45-73(46-11-2,47-12-3)64-27-37-70(38-28-64)80-59-22-54-76(55-23-60-81-71-39-29-65(30-40-71)74(48-13-4,49-14-5)50-15-6,56-24-61-82-72-41-31-66(32-42-72)75(51-16-7,52-17-8)53-18-9)67-33-43-69(44-34-67)79-58-21-19-20-57-78-68-35-25-63(62-77)26-36-68/h10-18,25-44H,1-9,19-24,45-62H2. The van der Waals surface area contributed by atoms with Crippen molar-refractivity contribution in [1.29, 1.82) is 0 Å². The second kappa shape index (κ2) is 36.0. The zero-order valence-electron chi connectivity index (χ0n) is 49.5.